The number of amides is 2. The van der Waals surface area contributed by atoms with Gasteiger partial charge >= 0.3 is 0 Å². The second-order valence-electron chi connectivity index (χ2n) is 7.17. The van der Waals surface area contributed by atoms with E-state index in [0.29, 0.717) is 37.0 Å². The average molecular weight is 618 g/mol. The SMILES string of the molecule is O=C1S/C(=C\c2cc(Br)ccc2OCc2ccc(Cl)cc2Cl)C(=O)N1Cc1c(Cl)cccc1Cl. The summed E-state index contributed by atoms with van der Waals surface area (Å²) >= 11 is 28.9. The molecule has 0 aliphatic carbocycles. The lowest BCUT2D eigenvalue weighted by Crippen LogP contribution is -2.27. The molecular formula is C24H14BrCl4NO3S. The predicted molar refractivity (Wildman–Crippen MR) is 143 cm³/mol. The Bertz CT molecular complexity index is 1310. The molecule has 4 nitrogen and oxygen atoms in total. The quantitative estimate of drug-likeness (QED) is 0.259. The number of carbonyl (C=O) groups is 2. The van der Waals surface area contributed by atoms with Gasteiger partial charge in [0.05, 0.1) is 11.4 Å². The highest BCUT2D eigenvalue weighted by atomic mass is 79.9. The van der Waals surface area contributed by atoms with Gasteiger partial charge in [-0.3, -0.25) is 14.5 Å². The van der Waals surface area contributed by atoms with Crippen LogP contribution >= 0.6 is 74.1 Å². The minimum atomic E-state index is -0.433. The molecule has 1 fully saturated rings. The summed E-state index contributed by atoms with van der Waals surface area (Å²) in [6, 6.07) is 15.6. The van der Waals surface area contributed by atoms with E-state index < -0.39 is 11.1 Å². The smallest absolute Gasteiger partial charge is 0.293 e. The minimum absolute atomic E-state index is 0.0164. The van der Waals surface area contributed by atoms with Gasteiger partial charge < -0.3 is 4.74 Å². The lowest BCUT2D eigenvalue weighted by atomic mass is 10.1. The highest BCUT2D eigenvalue weighted by Crippen LogP contribution is 2.37. The third kappa shape index (κ3) is 5.76. The molecule has 1 saturated heterocycles. The van der Waals surface area contributed by atoms with Gasteiger partial charge in [-0.05, 0) is 60.3 Å². The van der Waals surface area contributed by atoms with Crippen molar-refractivity contribution in [1.82, 2.24) is 4.90 Å². The fraction of sp³-hybridized carbons (Fsp3) is 0.0833. The highest BCUT2D eigenvalue weighted by Gasteiger charge is 2.36. The minimum Gasteiger partial charge on any atom is -0.488 e. The number of hydrogen-bond acceptors (Lipinski definition) is 4. The molecule has 2 amide bonds. The Balaban J connectivity index is 1.58. The van der Waals surface area contributed by atoms with Crippen molar-refractivity contribution in [2.75, 3.05) is 0 Å². The summed E-state index contributed by atoms with van der Waals surface area (Å²) in [4.78, 5) is 27.0. The maximum Gasteiger partial charge on any atom is 0.293 e. The average Bonchev–Trinajstić information content (AvgIpc) is 3.04. The van der Waals surface area contributed by atoms with Gasteiger partial charge in [-0.15, -0.1) is 0 Å². The number of rotatable bonds is 6. The van der Waals surface area contributed by atoms with E-state index in [1.807, 2.05) is 6.07 Å². The van der Waals surface area contributed by atoms with Crippen LogP contribution in [-0.4, -0.2) is 16.0 Å². The largest absolute Gasteiger partial charge is 0.488 e. The van der Waals surface area contributed by atoms with Crippen molar-refractivity contribution in [3.05, 3.63) is 101 Å². The monoisotopic (exact) mass is 615 g/mol. The zero-order valence-electron chi connectivity index (χ0n) is 17.2. The van der Waals surface area contributed by atoms with E-state index in [-0.39, 0.29) is 18.1 Å². The maximum absolute atomic E-state index is 13.0. The van der Waals surface area contributed by atoms with E-state index in [0.717, 1.165) is 26.7 Å². The van der Waals surface area contributed by atoms with Crippen molar-refractivity contribution in [1.29, 1.82) is 0 Å². The fourth-order valence-corrected chi connectivity index (χ4v) is 5.36. The molecule has 1 heterocycles. The molecule has 34 heavy (non-hydrogen) atoms. The van der Waals surface area contributed by atoms with Gasteiger partial charge in [-0.2, -0.15) is 0 Å². The summed E-state index contributed by atoms with van der Waals surface area (Å²) in [5.41, 5.74) is 1.90. The zero-order chi connectivity index (χ0) is 24.4. The van der Waals surface area contributed by atoms with E-state index in [1.165, 1.54) is 0 Å². The van der Waals surface area contributed by atoms with Crippen molar-refractivity contribution >= 4 is 91.3 Å². The summed E-state index contributed by atoms with van der Waals surface area (Å²) in [5, 5.41) is 1.40. The van der Waals surface area contributed by atoms with E-state index in [9.17, 15) is 9.59 Å². The molecule has 0 radical (unpaired) electrons. The molecule has 1 aliphatic heterocycles. The molecule has 10 heteroatoms. The molecule has 174 valence electrons. The number of imide groups is 1. The number of nitrogens with zero attached hydrogens (tertiary/aromatic N) is 1. The zero-order valence-corrected chi connectivity index (χ0v) is 22.6. The van der Waals surface area contributed by atoms with Gasteiger partial charge in [-0.25, -0.2) is 0 Å². The van der Waals surface area contributed by atoms with Crippen molar-refractivity contribution < 1.29 is 14.3 Å². The standard InChI is InChI=1S/C24H14BrCl4NO3S/c25-15-5-7-21(33-12-13-4-6-16(26)10-20(13)29)14(8-15)9-22-23(31)30(24(32)34-22)11-17-18(27)2-1-3-19(17)28/h1-10H,11-12H2/b22-9-. The summed E-state index contributed by atoms with van der Waals surface area (Å²) in [7, 11) is 0. The van der Waals surface area contributed by atoms with Gasteiger partial charge in [0.2, 0.25) is 0 Å². The first-order chi connectivity index (χ1) is 16.2. The Morgan fingerprint density at radius 1 is 0.941 bits per heavy atom. The van der Waals surface area contributed by atoms with Crippen molar-refractivity contribution in [2.45, 2.75) is 13.2 Å². The van der Waals surface area contributed by atoms with Crippen molar-refractivity contribution in [3.63, 3.8) is 0 Å². The molecular weight excluding hydrogens is 604 g/mol. The van der Waals surface area contributed by atoms with Crippen LogP contribution in [0.15, 0.2) is 64.0 Å². The number of carbonyl (C=O) groups excluding carboxylic acids is 2. The van der Waals surface area contributed by atoms with Crippen LogP contribution in [-0.2, 0) is 17.9 Å². The predicted octanol–water partition coefficient (Wildman–Crippen LogP) is 8.88. The van der Waals surface area contributed by atoms with Crippen LogP contribution in [0.4, 0.5) is 4.79 Å². The second kappa shape index (κ2) is 10.9. The van der Waals surface area contributed by atoms with E-state index in [1.54, 1.807) is 54.6 Å². The summed E-state index contributed by atoms with van der Waals surface area (Å²) in [6.45, 7) is 0.183. The molecule has 4 rings (SSSR count). The van der Waals surface area contributed by atoms with Gasteiger partial charge in [-0.1, -0.05) is 74.5 Å². The highest BCUT2D eigenvalue weighted by molar-refractivity contribution is 9.10. The van der Waals surface area contributed by atoms with Gasteiger partial charge in [0.1, 0.15) is 12.4 Å². The molecule has 0 N–H and O–H groups in total. The third-order valence-corrected chi connectivity index (χ3v) is 7.60. The summed E-state index contributed by atoms with van der Waals surface area (Å²) in [6.07, 6.45) is 1.63. The Morgan fingerprint density at radius 2 is 1.68 bits per heavy atom. The Kier molecular flexibility index (Phi) is 8.18. The maximum atomic E-state index is 13.0. The summed E-state index contributed by atoms with van der Waals surface area (Å²) in [5.74, 6) is 0.0906. The molecule has 0 bridgehead atoms. The lowest BCUT2D eigenvalue weighted by molar-refractivity contribution is -0.123. The van der Waals surface area contributed by atoms with Crippen LogP contribution < -0.4 is 4.74 Å². The Labute approximate surface area is 228 Å². The molecule has 0 atom stereocenters. The van der Waals surface area contributed by atoms with E-state index >= 15 is 0 Å². The van der Waals surface area contributed by atoms with Crippen molar-refractivity contribution in [2.24, 2.45) is 0 Å². The normalized spacial score (nSPS) is 14.9. The summed E-state index contributed by atoms with van der Waals surface area (Å²) < 4.78 is 6.77. The molecule has 0 saturated carbocycles. The molecule has 0 unspecified atom stereocenters. The first kappa shape index (κ1) is 25.4. The number of thioether (sulfide) groups is 1. The van der Waals surface area contributed by atoms with Gasteiger partial charge in [0.25, 0.3) is 11.1 Å². The number of ether oxygens (including phenoxy) is 1. The van der Waals surface area contributed by atoms with Crippen LogP contribution in [0.2, 0.25) is 20.1 Å². The van der Waals surface area contributed by atoms with Crippen LogP contribution in [0, 0.1) is 0 Å². The van der Waals surface area contributed by atoms with Crippen LogP contribution in [0.1, 0.15) is 16.7 Å². The first-order valence-electron chi connectivity index (χ1n) is 9.77. The van der Waals surface area contributed by atoms with E-state index in [4.69, 9.17) is 51.1 Å². The van der Waals surface area contributed by atoms with Gasteiger partial charge in [0, 0.05) is 41.3 Å². The van der Waals surface area contributed by atoms with Gasteiger partial charge in [0.15, 0.2) is 0 Å². The topological polar surface area (TPSA) is 46.6 Å². The molecule has 1 aliphatic rings. The Morgan fingerprint density at radius 3 is 2.38 bits per heavy atom. The number of hydrogen-bond donors (Lipinski definition) is 0. The van der Waals surface area contributed by atoms with Crippen LogP contribution in [0.5, 0.6) is 5.75 Å². The van der Waals surface area contributed by atoms with E-state index in [2.05, 4.69) is 15.9 Å². The second-order valence-corrected chi connectivity index (χ2v) is 10.7. The first-order valence-corrected chi connectivity index (χ1v) is 12.9. The fourth-order valence-electron chi connectivity index (χ4n) is 3.18. The molecule has 0 spiro atoms. The Hall–Kier alpha value is -1.67. The lowest BCUT2D eigenvalue weighted by Gasteiger charge is -2.15. The van der Waals surface area contributed by atoms with Crippen LogP contribution in [0.25, 0.3) is 6.08 Å². The van der Waals surface area contributed by atoms with Crippen LogP contribution in [0.3, 0.4) is 0 Å². The molecule has 3 aromatic carbocycles. The number of halogens is 5. The molecule has 0 aromatic heterocycles. The van der Waals surface area contributed by atoms with Crippen molar-refractivity contribution in [3.8, 4) is 5.75 Å². The third-order valence-electron chi connectivity index (χ3n) is 4.91. The number of benzene rings is 3. The molecule has 3 aromatic rings.